The van der Waals surface area contributed by atoms with Gasteiger partial charge in [-0.15, -0.1) is 0 Å². The zero-order chi connectivity index (χ0) is 13.9. The van der Waals surface area contributed by atoms with Gasteiger partial charge in [-0.25, -0.2) is 8.78 Å². The van der Waals surface area contributed by atoms with Gasteiger partial charge in [-0.3, -0.25) is 0 Å². The largest absolute Gasteiger partial charge is 0.489 e. The SMILES string of the molecule is Cc1cccc(OCc2cccc(C(C)(F)F)c2)c1. The molecule has 0 aliphatic carbocycles. The monoisotopic (exact) mass is 262 g/mol. The molecule has 0 radical (unpaired) electrons. The summed E-state index contributed by atoms with van der Waals surface area (Å²) < 4.78 is 32.0. The molecule has 2 aromatic rings. The van der Waals surface area contributed by atoms with Gasteiger partial charge in [-0.1, -0.05) is 30.3 Å². The molecule has 2 rings (SSSR count). The van der Waals surface area contributed by atoms with Crippen LogP contribution in [0, 0.1) is 6.92 Å². The number of alkyl halides is 2. The summed E-state index contributed by atoms with van der Waals surface area (Å²) in [5.74, 6) is -2.08. The van der Waals surface area contributed by atoms with Gasteiger partial charge in [-0.2, -0.15) is 0 Å². The average Bonchev–Trinajstić information content (AvgIpc) is 2.36. The van der Waals surface area contributed by atoms with E-state index < -0.39 is 5.92 Å². The highest BCUT2D eigenvalue weighted by Crippen LogP contribution is 2.27. The van der Waals surface area contributed by atoms with E-state index in [9.17, 15) is 8.78 Å². The third-order valence-electron chi connectivity index (χ3n) is 2.83. The fraction of sp³-hybridized carbons (Fsp3) is 0.250. The Morgan fingerprint density at radius 2 is 1.79 bits per heavy atom. The van der Waals surface area contributed by atoms with Crippen LogP contribution in [-0.2, 0) is 12.5 Å². The summed E-state index contributed by atoms with van der Waals surface area (Å²) in [6.07, 6.45) is 0. The van der Waals surface area contributed by atoms with E-state index in [2.05, 4.69) is 0 Å². The molecular formula is C16H16F2O. The van der Waals surface area contributed by atoms with E-state index in [4.69, 9.17) is 4.74 Å². The summed E-state index contributed by atoms with van der Waals surface area (Å²) >= 11 is 0. The van der Waals surface area contributed by atoms with Gasteiger partial charge in [0.25, 0.3) is 5.92 Å². The molecule has 0 amide bonds. The van der Waals surface area contributed by atoms with Crippen molar-refractivity contribution in [2.24, 2.45) is 0 Å². The van der Waals surface area contributed by atoms with Crippen LogP contribution >= 0.6 is 0 Å². The summed E-state index contributed by atoms with van der Waals surface area (Å²) in [5, 5.41) is 0. The first-order chi connectivity index (χ1) is 8.95. The zero-order valence-corrected chi connectivity index (χ0v) is 11.0. The zero-order valence-electron chi connectivity index (χ0n) is 11.0. The van der Waals surface area contributed by atoms with Crippen LogP contribution in [0.25, 0.3) is 0 Å². The Kier molecular flexibility index (Phi) is 3.84. The third kappa shape index (κ3) is 3.78. The molecule has 0 saturated carbocycles. The molecule has 0 saturated heterocycles. The summed E-state index contributed by atoms with van der Waals surface area (Å²) in [5.41, 5.74) is 1.85. The van der Waals surface area contributed by atoms with Crippen molar-refractivity contribution in [3.8, 4) is 5.75 Å². The van der Waals surface area contributed by atoms with Crippen molar-refractivity contribution in [3.05, 3.63) is 65.2 Å². The molecule has 0 atom stereocenters. The second-order valence-electron chi connectivity index (χ2n) is 4.69. The number of benzene rings is 2. The second-order valence-corrected chi connectivity index (χ2v) is 4.69. The van der Waals surface area contributed by atoms with Crippen LogP contribution in [0.15, 0.2) is 48.5 Å². The molecule has 0 fully saturated rings. The second kappa shape index (κ2) is 5.39. The molecule has 0 N–H and O–H groups in total. The maximum Gasteiger partial charge on any atom is 0.270 e. The molecule has 0 unspecified atom stereocenters. The van der Waals surface area contributed by atoms with E-state index in [0.29, 0.717) is 0 Å². The summed E-state index contributed by atoms with van der Waals surface area (Å²) in [6.45, 7) is 3.16. The van der Waals surface area contributed by atoms with Crippen LogP contribution in [0.5, 0.6) is 5.75 Å². The first-order valence-electron chi connectivity index (χ1n) is 6.12. The number of rotatable bonds is 4. The molecule has 0 aromatic heterocycles. The van der Waals surface area contributed by atoms with Crippen molar-refractivity contribution in [2.75, 3.05) is 0 Å². The molecule has 2 aromatic carbocycles. The van der Waals surface area contributed by atoms with Gasteiger partial charge < -0.3 is 4.74 Å². The number of ether oxygens (including phenoxy) is 1. The van der Waals surface area contributed by atoms with Crippen molar-refractivity contribution in [2.45, 2.75) is 26.4 Å². The van der Waals surface area contributed by atoms with E-state index in [1.54, 1.807) is 12.1 Å². The summed E-state index contributed by atoms with van der Waals surface area (Å²) in [7, 11) is 0. The number of halogens is 2. The number of hydrogen-bond acceptors (Lipinski definition) is 1. The highest BCUT2D eigenvalue weighted by molar-refractivity contribution is 5.29. The van der Waals surface area contributed by atoms with Crippen LogP contribution in [0.2, 0.25) is 0 Å². The summed E-state index contributed by atoms with van der Waals surface area (Å²) in [4.78, 5) is 0. The first kappa shape index (κ1) is 13.5. The predicted octanol–water partition coefficient (Wildman–Crippen LogP) is 4.69. The van der Waals surface area contributed by atoms with Gasteiger partial charge in [0.2, 0.25) is 0 Å². The maximum absolute atomic E-state index is 13.2. The first-order valence-corrected chi connectivity index (χ1v) is 6.12. The maximum atomic E-state index is 13.2. The Hall–Kier alpha value is -1.90. The standard InChI is InChI=1S/C16H16F2O/c1-12-5-3-8-15(9-12)19-11-13-6-4-7-14(10-13)16(2,17)18/h3-10H,11H2,1-2H3. The predicted molar refractivity (Wildman–Crippen MR) is 71.5 cm³/mol. The van der Waals surface area contributed by atoms with Crippen molar-refractivity contribution in [1.82, 2.24) is 0 Å². The minimum atomic E-state index is -2.82. The van der Waals surface area contributed by atoms with Gasteiger partial charge in [-0.05, 0) is 36.2 Å². The normalized spacial score (nSPS) is 11.4. The lowest BCUT2D eigenvalue weighted by Gasteiger charge is -2.12. The lowest BCUT2D eigenvalue weighted by molar-refractivity contribution is 0.0173. The minimum absolute atomic E-state index is 0.0119. The van der Waals surface area contributed by atoms with Crippen molar-refractivity contribution < 1.29 is 13.5 Å². The molecule has 19 heavy (non-hydrogen) atoms. The molecule has 1 nitrogen and oxygen atoms in total. The van der Waals surface area contributed by atoms with E-state index in [1.807, 2.05) is 31.2 Å². The van der Waals surface area contributed by atoms with Gasteiger partial charge in [0.15, 0.2) is 0 Å². The van der Waals surface area contributed by atoms with Crippen molar-refractivity contribution in [3.63, 3.8) is 0 Å². The van der Waals surface area contributed by atoms with Crippen LogP contribution in [0.3, 0.4) is 0 Å². The molecule has 0 heterocycles. The Morgan fingerprint density at radius 3 is 2.47 bits per heavy atom. The smallest absolute Gasteiger partial charge is 0.270 e. The van der Waals surface area contributed by atoms with E-state index >= 15 is 0 Å². The topological polar surface area (TPSA) is 9.23 Å². The molecule has 0 spiro atoms. The quantitative estimate of drug-likeness (QED) is 0.777. The molecule has 0 aliphatic heterocycles. The third-order valence-corrected chi connectivity index (χ3v) is 2.83. The Balaban J connectivity index is 2.08. The van der Waals surface area contributed by atoms with Crippen molar-refractivity contribution >= 4 is 0 Å². The minimum Gasteiger partial charge on any atom is -0.489 e. The van der Waals surface area contributed by atoms with Crippen LogP contribution < -0.4 is 4.74 Å². The molecule has 0 bridgehead atoms. The van der Waals surface area contributed by atoms with Crippen molar-refractivity contribution in [1.29, 1.82) is 0 Å². The molecule has 0 aliphatic rings. The van der Waals surface area contributed by atoms with Gasteiger partial charge in [0.05, 0.1) is 0 Å². The lowest BCUT2D eigenvalue weighted by Crippen LogP contribution is -2.07. The van der Waals surface area contributed by atoms with Gasteiger partial charge >= 0.3 is 0 Å². The van der Waals surface area contributed by atoms with Crippen LogP contribution in [0.4, 0.5) is 8.78 Å². The fourth-order valence-corrected chi connectivity index (χ4v) is 1.81. The van der Waals surface area contributed by atoms with Crippen LogP contribution in [0.1, 0.15) is 23.6 Å². The average molecular weight is 262 g/mol. The highest BCUT2D eigenvalue weighted by atomic mass is 19.3. The fourth-order valence-electron chi connectivity index (χ4n) is 1.81. The lowest BCUT2D eigenvalue weighted by atomic mass is 10.1. The highest BCUT2D eigenvalue weighted by Gasteiger charge is 2.24. The van der Waals surface area contributed by atoms with Gasteiger partial charge in [0.1, 0.15) is 12.4 Å². The molecule has 100 valence electrons. The molecular weight excluding hydrogens is 246 g/mol. The van der Waals surface area contributed by atoms with Crippen LogP contribution in [-0.4, -0.2) is 0 Å². The van der Waals surface area contributed by atoms with E-state index in [-0.39, 0.29) is 12.2 Å². The molecule has 3 heteroatoms. The van der Waals surface area contributed by atoms with E-state index in [1.165, 1.54) is 12.1 Å². The number of hydrogen-bond donors (Lipinski definition) is 0. The Bertz CT molecular complexity index is 559. The van der Waals surface area contributed by atoms with E-state index in [0.717, 1.165) is 23.8 Å². The Morgan fingerprint density at radius 1 is 1.05 bits per heavy atom. The van der Waals surface area contributed by atoms with Gasteiger partial charge in [0, 0.05) is 12.5 Å². The summed E-state index contributed by atoms with van der Waals surface area (Å²) in [6, 6.07) is 14.0. The number of aryl methyl sites for hydroxylation is 1. The Labute approximate surface area is 111 Å².